The molecule has 3 aromatic rings. The van der Waals surface area contributed by atoms with E-state index in [1.54, 1.807) is 12.1 Å². The molecule has 1 fully saturated rings. The van der Waals surface area contributed by atoms with E-state index < -0.39 is 0 Å². The Balaban J connectivity index is 1.55. The fourth-order valence-electron chi connectivity index (χ4n) is 3.56. The number of likely N-dealkylation sites (N-methyl/N-ethyl adjacent to an activating group) is 1. The molecule has 2 heterocycles. The Morgan fingerprint density at radius 3 is 2.63 bits per heavy atom. The second kappa shape index (κ2) is 8.45. The molecule has 1 amide bonds. The van der Waals surface area contributed by atoms with Gasteiger partial charge in [-0.05, 0) is 49.4 Å². The number of carbonyl (C=O) groups is 1. The summed E-state index contributed by atoms with van der Waals surface area (Å²) >= 11 is 6.17. The van der Waals surface area contributed by atoms with Crippen LogP contribution in [0.3, 0.4) is 0 Å². The number of nitrogens with zero attached hydrogens (tertiary/aromatic N) is 4. The van der Waals surface area contributed by atoms with Crippen LogP contribution in [0, 0.1) is 6.92 Å². The van der Waals surface area contributed by atoms with Crippen LogP contribution in [0.25, 0.3) is 10.9 Å². The average molecular weight is 425 g/mol. The maximum atomic E-state index is 12.7. The number of hydrogen-bond donors (Lipinski definition) is 2. The van der Waals surface area contributed by atoms with Crippen molar-refractivity contribution in [3.8, 4) is 0 Å². The highest BCUT2D eigenvalue weighted by atomic mass is 35.5. The van der Waals surface area contributed by atoms with E-state index in [1.165, 1.54) is 0 Å². The predicted molar refractivity (Wildman–Crippen MR) is 121 cm³/mol. The highest BCUT2D eigenvalue weighted by Crippen LogP contribution is 2.26. The lowest BCUT2D eigenvalue weighted by molar-refractivity contribution is 0.0951. The molecular weight excluding hydrogens is 400 g/mol. The van der Waals surface area contributed by atoms with E-state index in [0.717, 1.165) is 48.5 Å². The molecule has 8 heteroatoms. The number of rotatable bonds is 4. The lowest BCUT2D eigenvalue weighted by Gasteiger charge is -2.33. The summed E-state index contributed by atoms with van der Waals surface area (Å²) in [5.41, 5.74) is 9.13. The van der Waals surface area contributed by atoms with E-state index in [0.29, 0.717) is 22.6 Å². The first-order valence-corrected chi connectivity index (χ1v) is 10.3. The van der Waals surface area contributed by atoms with Gasteiger partial charge in [0.2, 0.25) is 5.95 Å². The molecule has 30 heavy (non-hydrogen) atoms. The quantitative estimate of drug-likeness (QED) is 0.669. The summed E-state index contributed by atoms with van der Waals surface area (Å²) in [6.07, 6.45) is 0. The number of benzene rings is 2. The molecule has 0 atom stereocenters. The van der Waals surface area contributed by atoms with Crippen LogP contribution >= 0.6 is 11.6 Å². The number of piperazine rings is 1. The van der Waals surface area contributed by atoms with Crippen LogP contribution in [-0.2, 0) is 6.54 Å². The first-order valence-electron chi connectivity index (χ1n) is 9.95. The van der Waals surface area contributed by atoms with Gasteiger partial charge in [0.05, 0.1) is 5.52 Å². The zero-order valence-electron chi connectivity index (χ0n) is 17.2. The molecule has 156 valence electrons. The molecule has 0 bridgehead atoms. The zero-order chi connectivity index (χ0) is 21.3. The van der Waals surface area contributed by atoms with Crippen LogP contribution in [-0.4, -0.2) is 54.0 Å². The van der Waals surface area contributed by atoms with Crippen molar-refractivity contribution in [2.24, 2.45) is 0 Å². The van der Waals surface area contributed by atoms with Gasteiger partial charge in [0, 0.05) is 48.7 Å². The summed E-state index contributed by atoms with van der Waals surface area (Å²) in [5.74, 6) is 0.863. The second-order valence-corrected chi connectivity index (χ2v) is 8.10. The Labute approximate surface area is 180 Å². The zero-order valence-corrected chi connectivity index (χ0v) is 17.9. The monoisotopic (exact) mass is 424 g/mol. The maximum Gasteiger partial charge on any atom is 0.251 e. The molecule has 1 aromatic heterocycles. The van der Waals surface area contributed by atoms with Crippen LogP contribution in [0.4, 0.5) is 11.8 Å². The number of fused-ring (bicyclic) bond motifs is 1. The third-order valence-corrected chi connectivity index (χ3v) is 5.86. The van der Waals surface area contributed by atoms with Crippen molar-refractivity contribution < 1.29 is 4.79 Å². The van der Waals surface area contributed by atoms with Crippen molar-refractivity contribution in [3.63, 3.8) is 0 Å². The molecule has 1 saturated heterocycles. The van der Waals surface area contributed by atoms with Gasteiger partial charge in [-0.25, -0.2) is 4.98 Å². The number of nitrogen functional groups attached to an aromatic ring is 1. The number of hydrogen-bond acceptors (Lipinski definition) is 6. The number of anilines is 2. The van der Waals surface area contributed by atoms with Crippen LogP contribution in [0.15, 0.2) is 36.4 Å². The first-order chi connectivity index (χ1) is 14.4. The lowest BCUT2D eigenvalue weighted by Crippen LogP contribution is -2.45. The van der Waals surface area contributed by atoms with E-state index in [4.69, 9.17) is 17.3 Å². The Hall–Kier alpha value is -2.90. The fourth-order valence-corrected chi connectivity index (χ4v) is 3.76. The van der Waals surface area contributed by atoms with E-state index >= 15 is 0 Å². The minimum atomic E-state index is -0.174. The molecule has 2 aromatic carbocycles. The molecular formula is C22H25ClN6O. The third-order valence-electron chi connectivity index (χ3n) is 5.45. The first kappa shape index (κ1) is 20.4. The van der Waals surface area contributed by atoms with Crippen LogP contribution < -0.4 is 16.0 Å². The Morgan fingerprint density at radius 2 is 1.90 bits per heavy atom. The third kappa shape index (κ3) is 4.32. The number of aromatic nitrogens is 2. The van der Waals surface area contributed by atoms with Gasteiger partial charge >= 0.3 is 0 Å². The SMILES string of the molecule is Cc1ccc(CNC(=O)c2ccc3c(N4CCN(C)CC4)nc(N)nc3c2)cc1Cl. The topological polar surface area (TPSA) is 87.4 Å². The number of aryl methyl sites for hydroxylation is 1. The largest absolute Gasteiger partial charge is 0.368 e. The Bertz CT molecular complexity index is 1090. The van der Waals surface area contributed by atoms with Crippen molar-refractivity contribution in [1.29, 1.82) is 0 Å². The molecule has 7 nitrogen and oxygen atoms in total. The lowest BCUT2D eigenvalue weighted by atomic mass is 10.1. The number of halogens is 1. The van der Waals surface area contributed by atoms with Gasteiger partial charge in [0.25, 0.3) is 5.91 Å². The molecule has 0 unspecified atom stereocenters. The van der Waals surface area contributed by atoms with Gasteiger partial charge < -0.3 is 20.9 Å². The summed E-state index contributed by atoms with van der Waals surface area (Å²) in [4.78, 5) is 26.0. The van der Waals surface area contributed by atoms with Gasteiger partial charge in [0.15, 0.2) is 0 Å². The van der Waals surface area contributed by atoms with Crippen molar-refractivity contribution in [2.75, 3.05) is 43.9 Å². The highest BCUT2D eigenvalue weighted by Gasteiger charge is 2.19. The molecule has 1 aliphatic rings. The van der Waals surface area contributed by atoms with Crippen LogP contribution in [0.2, 0.25) is 5.02 Å². The van der Waals surface area contributed by atoms with Crippen molar-refractivity contribution in [3.05, 3.63) is 58.1 Å². The summed E-state index contributed by atoms with van der Waals surface area (Å²) in [7, 11) is 2.11. The average Bonchev–Trinajstić information content (AvgIpc) is 2.74. The molecule has 1 aliphatic heterocycles. The Morgan fingerprint density at radius 1 is 1.13 bits per heavy atom. The minimum Gasteiger partial charge on any atom is -0.368 e. The molecule has 0 radical (unpaired) electrons. The number of nitrogens with two attached hydrogens (primary N) is 1. The van der Waals surface area contributed by atoms with E-state index in [-0.39, 0.29) is 11.9 Å². The van der Waals surface area contributed by atoms with E-state index in [1.807, 2.05) is 31.2 Å². The van der Waals surface area contributed by atoms with Gasteiger partial charge in [-0.1, -0.05) is 23.7 Å². The summed E-state index contributed by atoms with van der Waals surface area (Å²) < 4.78 is 0. The molecule has 0 aliphatic carbocycles. The smallest absolute Gasteiger partial charge is 0.251 e. The summed E-state index contributed by atoms with van der Waals surface area (Å²) in [6.45, 7) is 6.04. The molecule has 3 N–H and O–H groups in total. The van der Waals surface area contributed by atoms with Crippen molar-refractivity contribution in [1.82, 2.24) is 20.2 Å². The summed E-state index contributed by atoms with van der Waals surface area (Å²) in [5, 5.41) is 4.53. The normalized spacial score (nSPS) is 14.8. The van der Waals surface area contributed by atoms with Gasteiger partial charge in [-0.3, -0.25) is 4.79 Å². The molecule has 0 saturated carbocycles. The summed E-state index contributed by atoms with van der Waals surface area (Å²) in [6, 6.07) is 11.2. The molecule has 4 rings (SSSR count). The maximum absolute atomic E-state index is 12.7. The van der Waals surface area contributed by atoms with Gasteiger partial charge in [0.1, 0.15) is 5.82 Å². The fraction of sp³-hybridized carbons (Fsp3) is 0.318. The predicted octanol–water partition coefficient (Wildman–Crippen LogP) is 2.86. The highest BCUT2D eigenvalue weighted by molar-refractivity contribution is 6.31. The van der Waals surface area contributed by atoms with E-state index in [9.17, 15) is 4.79 Å². The van der Waals surface area contributed by atoms with Crippen LogP contribution in [0.5, 0.6) is 0 Å². The minimum absolute atomic E-state index is 0.174. The standard InChI is InChI=1S/C22H25ClN6O/c1-14-3-4-15(11-18(14)23)13-25-21(30)16-5-6-17-19(12-16)26-22(24)27-20(17)29-9-7-28(2)8-10-29/h3-6,11-12H,7-10,13H2,1-2H3,(H,25,30)(H2,24,26,27). The number of carbonyl (C=O) groups excluding carboxylic acids is 1. The van der Waals surface area contributed by atoms with Gasteiger partial charge in [-0.15, -0.1) is 0 Å². The molecule has 0 spiro atoms. The number of amides is 1. The van der Waals surface area contributed by atoms with Crippen molar-refractivity contribution >= 4 is 40.2 Å². The Kier molecular flexibility index (Phi) is 5.74. The van der Waals surface area contributed by atoms with Crippen molar-refractivity contribution in [2.45, 2.75) is 13.5 Å². The van der Waals surface area contributed by atoms with Gasteiger partial charge in [-0.2, -0.15) is 4.98 Å². The second-order valence-electron chi connectivity index (χ2n) is 7.69. The number of nitrogens with one attached hydrogen (secondary N) is 1. The van der Waals surface area contributed by atoms with Crippen LogP contribution in [0.1, 0.15) is 21.5 Å². The van der Waals surface area contributed by atoms with E-state index in [2.05, 4.69) is 32.1 Å².